The molecule has 1 aromatic carbocycles. The van der Waals surface area contributed by atoms with Crippen LogP contribution in [0.4, 0.5) is 35.4 Å². The van der Waals surface area contributed by atoms with E-state index in [0.29, 0.717) is 12.1 Å². The highest BCUT2D eigenvalue weighted by Crippen LogP contribution is 2.41. The lowest BCUT2D eigenvalue weighted by Gasteiger charge is -2.40. The molecule has 1 aromatic heterocycles. The maximum absolute atomic E-state index is 13.1. The lowest BCUT2D eigenvalue weighted by molar-refractivity contribution is -0.0429. The van der Waals surface area contributed by atoms with Crippen LogP contribution in [-0.2, 0) is 21.2 Å². The molecule has 0 aliphatic carbocycles. The Labute approximate surface area is 211 Å². The Kier molecular flexibility index (Phi) is 8.23. The SMILES string of the molecule is CC(C)COC(=O)c1nnc(N=Nc2cc3c(cc2NS(=O)(=O)C(F)(F)F)N(C(C)C)C(C)CC3)s1. The van der Waals surface area contributed by atoms with Gasteiger partial charge in [-0.05, 0) is 57.2 Å². The molecule has 1 aliphatic rings. The summed E-state index contributed by atoms with van der Waals surface area (Å²) in [5.74, 6) is -0.559. The summed E-state index contributed by atoms with van der Waals surface area (Å²) in [4.78, 5) is 14.1. The molecular weight excluding hydrogens is 521 g/mol. The number of carbonyl (C=O) groups is 1. The van der Waals surface area contributed by atoms with Crippen molar-refractivity contribution in [2.75, 3.05) is 16.2 Å². The van der Waals surface area contributed by atoms with Crippen LogP contribution in [0.1, 0.15) is 56.4 Å². The van der Waals surface area contributed by atoms with E-state index in [4.69, 9.17) is 4.74 Å². The second kappa shape index (κ2) is 10.7. The van der Waals surface area contributed by atoms with Crippen molar-refractivity contribution in [2.24, 2.45) is 16.1 Å². The number of nitrogens with zero attached hydrogens (tertiary/aromatic N) is 5. The molecule has 1 N–H and O–H groups in total. The van der Waals surface area contributed by atoms with E-state index >= 15 is 0 Å². The smallest absolute Gasteiger partial charge is 0.460 e. The third-order valence-electron chi connectivity index (χ3n) is 5.27. The van der Waals surface area contributed by atoms with Gasteiger partial charge in [-0.3, -0.25) is 4.72 Å². The predicted octanol–water partition coefficient (Wildman–Crippen LogP) is 5.58. The maximum Gasteiger partial charge on any atom is 0.516 e. The number of nitrogens with one attached hydrogen (secondary N) is 1. The van der Waals surface area contributed by atoms with Crippen molar-refractivity contribution in [2.45, 2.75) is 65.1 Å². The third-order valence-corrected chi connectivity index (χ3v) is 7.15. The summed E-state index contributed by atoms with van der Waals surface area (Å²) in [5.41, 5.74) is -4.61. The van der Waals surface area contributed by atoms with Crippen molar-refractivity contribution in [3.05, 3.63) is 22.7 Å². The number of alkyl halides is 3. The van der Waals surface area contributed by atoms with Crippen LogP contribution in [-0.4, -0.2) is 48.8 Å². The highest BCUT2D eigenvalue weighted by molar-refractivity contribution is 7.93. The third kappa shape index (κ3) is 6.30. The summed E-state index contributed by atoms with van der Waals surface area (Å²) >= 11 is 0.784. The molecule has 1 unspecified atom stereocenters. The molecule has 36 heavy (non-hydrogen) atoms. The minimum Gasteiger partial charge on any atom is -0.460 e. The molecule has 2 heterocycles. The number of rotatable bonds is 8. The van der Waals surface area contributed by atoms with Crippen LogP contribution in [0.5, 0.6) is 0 Å². The molecule has 2 aromatic rings. The zero-order valence-electron chi connectivity index (χ0n) is 20.3. The zero-order valence-corrected chi connectivity index (χ0v) is 22.0. The van der Waals surface area contributed by atoms with Crippen molar-refractivity contribution in [3.63, 3.8) is 0 Å². The van der Waals surface area contributed by atoms with Crippen molar-refractivity contribution in [1.29, 1.82) is 0 Å². The Morgan fingerprint density at radius 1 is 1.25 bits per heavy atom. The molecule has 1 atom stereocenters. The summed E-state index contributed by atoms with van der Waals surface area (Å²) in [6.07, 6.45) is 1.42. The Bertz CT molecular complexity index is 1240. The zero-order chi connectivity index (χ0) is 26.8. The summed E-state index contributed by atoms with van der Waals surface area (Å²) in [7, 11) is -5.71. The van der Waals surface area contributed by atoms with Gasteiger partial charge >= 0.3 is 21.5 Å². The molecule has 0 amide bonds. The van der Waals surface area contributed by atoms with Gasteiger partial charge in [-0.1, -0.05) is 25.2 Å². The van der Waals surface area contributed by atoms with Crippen LogP contribution in [0.15, 0.2) is 22.4 Å². The van der Waals surface area contributed by atoms with Crippen LogP contribution in [0.3, 0.4) is 0 Å². The van der Waals surface area contributed by atoms with Gasteiger partial charge in [0.15, 0.2) is 0 Å². The van der Waals surface area contributed by atoms with Gasteiger partial charge in [0.25, 0.3) is 5.13 Å². The molecule has 1 aliphatic heterocycles. The number of benzene rings is 1. The van der Waals surface area contributed by atoms with Gasteiger partial charge in [-0.25, -0.2) is 4.79 Å². The van der Waals surface area contributed by atoms with Gasteiger partial charge in [0, 0.05) is 17.8 Å². The van der Waals surface area contributed by atoms with E-state index in [1.54, 1.807) is 4.72 Å². The van der Waals surface area contributed by atoms with E-state index in [9.17, 15) is 26.4 Å². The van der Waals surface area contributed by atoms with E-state index < -0.39 is 21.5 Å². The highest BCUT2D eigenvalue weighted by atomic mass is 32.2. The first-order chi connectivity index (χ1) is 16.7. The lowest BCUT2D eigenvalue weighted by atomic mass is 9.94. The topological polar surface area (TPSA) is 126 Å². The minimum absolute atomic E-state index is 0.0221. The normalized spacial score (nSPS) is 16.6. The number of aryl methyl sites for hydroxylation is 1. The number of aromatic nitrogens is 2. The van der Waals surface area contributed by atoms with Crippen molar-refractivity contribution in [1.82, 2.24) is 10.2 Å². The molecule has 0 bridgehead atoms. The second-order valence-electron chi connectivity index (χ2n) is 9.02. The van der Waals surface area contributed by atoms with Gasteiger partial charge in [0.05, 0.1) is 12.3 Å². The molecule has 198 valence electrons. The first-order valence-corrected chi connectivity index (χ1v) is 13.5. The van der Waals surface area contributed by atoms with Crippen LogP contribution in [0, 0.1) is 5.92 Å². The van der Waals surface area contributed by atoms with Gasteiger partial charge in [-0.15, -0.1) is 20.4 Å². The van der Waals surface area contributed by atoms with Gasteiger partial charge < -0.3 is 9.64 Å². The molecule has 3 rings (SSSR count). The number of ether oxygens (including phenoxy) is 1. The van der Waals surface area contributed by atoms with Gasteiger partial charge in [0.1, 0.15) is 5.69 Å². The molecule has 0 radical (unpaired) electrons. The number of anilines is 2. The summed E-state index contributed by atoms with van der Waals surface area (Å²) in [6.45, 7) is 9.82. The lowest BCUT2D eigenvalue weighted by Crippen LogP contribution is -2.42. The number of sulfonamides is 1. The molecule has 0 fully saturated rings. The summed E-state index contributed by atoms with van der Waals surface area (Å²) < 4.78 is 69.8. The molecule has 0 spiro atoms. The van der Waals surface area contributed by atoms with Crippen molar-refractivity contribution >= 4 is 49.5 Å². The van der Waals surface area contributed by atoms with Crippen molar-refractivity contribution < 1.29 is 31.1 Å². The molecule has 0 saturated carbocycles. The molecular formula is C21H27F3N6O4S2. The van der Waals surface area contributed by atoms with Crippen LogP contribution < -0.4 is 9.62 Å². The van der Waals surface area contributed by atoms with E-state index in [-0.39, 0.29) is 46.1 Å². The largest absolute Gasteiger partial charge is 0.516 e. The number of carbonyl (C=O) groups excluding carboxylic acids is 1. The number of halogens is 3. The van der Waals surface area contributed by atoms with Gasteiger partial charge in [-0.2, -0.15) is 21.6 Å². The Hall–Kier alpha value is -2.81. The molecule has 0 saturated heterocycles. The fourth-order valence-corrected chi connectivity index (χ4v) is 4.82. The van der Waals surface area contributed by atoms with E-state index in [1.165, 1.54) is 12.1 Å². The Morgan fingerprint density at radius 2 is 1.94 bits per heavy atom. The van der Waals surface area contributed by atoms with Crippen molar-refractivity contribution in [3.8, 4) is 0 Å². The van der Waals surface area contributed by atoms with Crippen LogP contribution in [0.25, 0.3) is 0 Å². The quantitative estimate of drug-likeness (QED) is 0.337. The monoisotopic (exact) mass is 548 g/mol. The Balaban J connectivity index is 1.99. The molecule has 10 nitrogen and oxygen atoms in total. The number of azo groups is 1. The van der Waals surface area contributed by atoms with Gasteiger partial charge in [0.2, 0.25) is 5.01 Å². The Morgan fingerprint density at radius 3 is 2.56 bits per heavy atom. The minimum atomic E-state index is -5.71. The van der Waals surface area contributed by atoms with E-state index in [2.05, 4.69) is 20.4 Å². The number of hydrogen-bond donors (Lipinski definition) is 1. The first kappa shape index (κ1) is 27.8. The summed E-state index contributed by atoms with van der Waals surface area (Å²) in [5, 5.41) is 15.2. The fraction of sp³-hybridized carbons (Fsp3) is 0.571. The van der Waals surface area contributed by atoms with E-state index in [1.807, 2.05) is 39.5 Å². The van der Waals surface area contributed by atoms with E-state index in [0.717, 1.165) is 23.3 Å². The second-order valence-corrected chi connectivity index (χ2v) is 11.6. The molecule has 15 heteroatoms. The summed E-state index contributed by atoms with van der Waals surface area (Å²) in [6, 6.07) is 2.98. The van der Waals surface area contributed by atoms with Crippen LogP contribution in [0.2, 0.25) is 0 Å². The highest BCUT2D eigenvalue weighted by Gasteiger charge is 2.46. The number of esters is 1. The fourth-order valence-electron chi connectivity index (χ4n) is 3.69. The maximum atomic E-state index is 13.1. The average molecular weight is 549 g/mol. The first-order valence-electron chi connectivity index (χ1n) is 11.2. The predicted molar refractivity (Wildman–Crippen MR) is 130 cm³/mol. The number of hydrogen-bond acceptors (Lipinski definition) is 10. The van der Waals surface area contributed by atoms with Crippen LogP contribution >= 0.6 is 11.3 Å². The average Bonchev–Trinajstić information content (AvgIpc) is 3.24. The standard InChI is InChI=1S/C21H27F3N6O4S2/c1-11(2)10-34-19(31)18-26-28-20(35-18)27-25-15-8-14-7-6-13(5)30(12(3)4)17(14)9-16(15)29-36(32,33)21(22,23)24/h8-9,11-13,29H,6-7,10H2,1-5H3. The number of fused-ring (bicyclic) bond motifs is 1.